The van der Waals surface area contributed by atoms with Gasteiger partial charge in [-0.1, -0.05) is 102 Å². The van der Waals surface area contributed by atoms with Gasteiger partial charge in [-0.15, -0.1) is 0 Å². The third-order valence-corrected chi connectivity index (χ3v) is 10.2. The molecule has 0 bridgehead atoms. The Morgan fingerprint density at radius 1 is 0.826 bits per heavy atom. The minimum Gasteiger partial charge on any atom is -0.354 e. The molecule has 2 amide bonds. The number of sulfonamides is 1. The molecule has 0 aliphatic heterocycles. The Hall–Kier alpha value is -3.95. The molecule has 4 aromatic rings. The summed E-state index contributed by atoms with van der Waals surface area (Å²) in [5.74, 6) is -0.576. The highest BCUT2D eigenvalue weighted by Gasteiger charge is 2.35. The lowest BCUT2D eigenvalue weighted by Gasteiger charge is -2.34. The minimum absolute atomic E-state index is 0.0841. The van der Waals surface area contributed by atoms with Gasteiger partial charge in [-0.2, -0.15) is 0 Å². The lowest BCUT2D eigenvalue weighted by Crippen LogP contribution is -2.53. The van der Waals surface area contributed by atoms with Crippen LogP contribution in [0.2, 0.25) is 0 Å². The van der Waals surface area contributed by atoms with E-state index in [9.17, 15) is 18.0 Å². The first-order valence-corrected chi connectivity index (χ1v) is 17.6. The lowest BCUT2D eigenvalue weighted by atomic mass is 10.0. The molecule has 0 spiro atoms. The number of nitrogens with zero attached hydrogens (tertiary/aromatic N) is 2. The minimum atomic E-state index is -4.17. The van der Waals surface area contributed by atoms with E-state index in [0.717, 1.165) is 32.3 Å². The maximum Gasteiger partial charge on any atom is 0.264 e. The number of hydrogen-bond acceptors (Lipinski definition) is 4. The third kappa shape index (κ3) is 8.85. The first kappa shape index (κ1) is 34.9. The van der Waals surface area contributed by atoms with Gasteiger partial charge in [0.1, 0.15) is 12.6 Å². The van der Waals surface area contributed by atoms with Gasteiger partial charge in [0.05, 0.1) is 10.6 Å². The Morgan fingerprint density at radius 3 is 2.13 bits per heavy atom. The predicted molar refractivity (Wildman–Crippen MR) is 188 cm³/mol. The van der Waals surface area contributed by atoms with Crippen molar-refractivity contribution in [2.45, 2.75) is 58.5 Å². The molecule has 0 aliphatic rings. The summed E-state index contributed by atoms with van der Waals surface area (Å²) in [6.45, 7) is 9.73. The smallest absolute Gasteiger partial charge is 0.264 e. The SMILES string of the molecule is Cc1ccc(S(=O)(=O)N(CC(=O)N(Cc2cccc(Br)c2)[C@H](Cc2ccccc2)C(=O)NCC(C)C)c2cccc(C)c2C)cc1. The van der Waals surface area contributed by atoms with E-state index < -0.39 is 28.5 Å². The van der Waals surface area contributed by atoms with Gasteiger partial charge in [0.2, 0.25) is 11.8 Å². The van der Waals surface area contributed by atoms with Crippen molar-refractivity contribution in [1.29, 1.82) is 0 Å². The van der Waals surface area contributed by atoms with Crippen LogP contribution in [0.3, 0.4) is 0 Å². The molecular formula is C37H42BrN3O4S. The van der Waals surface area contributed by atoms with Gasteiger partial charge in [0.25, 0.3) is 10.0 Å². The number of anilines is 1. The fourth-order valence-corrected chi connectivity index (χ4v) is 7.08. The highest BCUT2D eigenvalue weighted by atomic mass is 79.9. The highest BCUT2D eigenvalue weighted by Crippen LogP contribution is 2.29. The summed E-state index contributed by atoms with van der Waals surface area (Å²) in [5.41, 5.74) is 4.68. The third-order valence-electron chi connectivity index (χ3n) is 7.93. The molecular weight excluding hydrogens is 662 g/mol. The van der Waals surface area contributed by atoms with E-state index in [1.165, 1.54) is 9.21 Å². The van der Waals surface area contributed by atoms with Crippen LogP contribution in [-0.4, -0.2) is 44.3 Å². The van der Waals surface area contributed by atoms with Gasteiger partial charge < -0.3 is 10.2 Å². The first-order valence-electron chi connectivity index (χ1n) is 15.4. The Labute approximate surface area is 281 Å². The number of nitrogens with one attached hydrogen (secondary N) is 1. The molecule has 4 aromatic carbocycles. The molecule has 0 radical (unpaired) electrons. The normalized spacial score (nSPS) is 12.1. The lowest BCUT2D eigenvalue weighted by molar-refractivity contribution is -0.140. The summed E-state index contributed by atoms with van der Waals surface area (Å²) in [4.78, 5) is 30.2. The Balaban J connectivity index is 1.83. The summed E-state index contributed by atoms with van der Waals surface area (Å²) >= 11 is 3.52. The Bertz CT molecular complexity index is 1760. The first-order chi connectivity index (χ1) is 21.9. The topological polar surface area (TPSA) is 86.8 Å². The molecule has 0 aromatic heterocycles. The van der Waals surface area contributed by atoms with Gasteiger partial charge in [-0.25, -0.2) is 8.42 Å². The molecule has 0 saturated carbocycles. The molecule has 4 rings (SSSR count). The fourth-order valence-electron chi connectivity index (χ4n) is 5.17. The molecule has 0 heterocycles. The monoisotopic (exact) mass is 703 g/mol. The van der Waals surface area contributed by atoms with Gasteiger partial charge in [-0.3, -0.25) is 13.9 Å². The average molecular weight is 705 g/mol. The van der Waals surface area contributed by atoms with Crippen LogP contribution in [0.25, 0.3) is 0 Å². The van der Waals surface area contributed by atoms with Gasteiger partial charge in [-0.05, 0) is 79.3 Å². The van der Waals surface area contributed by atoms with E-state index in [2.05, 4.69) is 21.2 Å². The summed E-state index contributed by atoms with van der Waals surface area (Å²) in [5, 5.41) is 3.02. The van der Waals surface area contributed by atoms with Crippen LogP contribution in [-0.2, 0) is 32.6 Å². The van der Waals surface area contributed by atoms with E-state index in [4.69, 9.17) is 0 Å². The maximum absolute atomic E-state index is 14.6. The Kier molecular flexibility index (Phi) is 11.8. The summed E-state index contributed by atoms with van der Waals surface area (Å²) in [6, 6.07) is 28.2. The zero-order chi connectivity index (χ0) is 33.4. The van der Waals surface area contributed by atoms with Crippen molar-refractivity contribution in [3.05, 3.63) is 129 Å². The zero-order valence-corrected chi connectivity index (χ0v) is 29.4. The molecule has 1 N–H and O–H groups in total. The molecule has 46 heavy (non-hydrogen) atoms. The van der Waals surface area contributed by atoms with Crippen LogP contribution in [0, 0.1) is 26.7 Å². The maximum atomic E-state index is 14.6. The van der Waals surface area contributed by atoms with Gasteiger partial charge in [0, 0.05) is 24.0 Å². The second kappa shape index (κ2) is 15.6. The second-order valence-electron chi connectivity index (χ2n) is 12.0. The number of carbonyl (C=O) groups is 2. The molecule has 1 atom stereocenters. The molecule has 0 aliphatic carbocycles. The molecule has 0 saturated heterocycles. The quantitative estimate of drug-likeness (QED) is 0.163. The number of rotatable bonds is 13. The van der Waals surface area contributed by atoms with Crippen LogP contribution in [0.4, 0.5) is 5.69 Å². The predicted octanol–water partition coefficient (Wildman–Crippen LogP) is 6.98. The summed E-state index contributed by atoms with van der Waals surface area (Å²) < 4.78 is 30.6. The molecule has 0 fully saturated rings. The number of benzene rings is 4. The zero-order valence-electron chi connectivity index (χ0n) is 27.0. The van der Waals surface area contributed by atoms with Gasteiger partial charge >= 0.3 is 0 Å². The van der Waals surface area contributed by atoms with E-state index in [-0.39, 0.29) is 29.7 Å². The van der Waals surface area contributed by atoms with Crippen molar-refractivity contribution in [3.8, 4) is 0 Å². The number of aryl methyl sites for hydroxylation is 2. The number of halogens is 1. The molecule has 0 unspecified atom stereocenters. The largest absolute Gasteiger partial charge is 0.354 e. The molecule has 9 heteroatoms. The van der Waals surface area contributed by atoms with E-state index >= 15 is 0 Å². The Morgan fingerprint density at radius 2 is 1.48 bits per heavy atom. The van der Waals surface area contributed by atoms with Crippen LogP contribution in [0.5, 0.6) is 0 Å². The van der Waals surface area contributed by atoms with Crippen molar-refractivity contribution < 1.29 is 18.0 Å². The van der Waals surface area contributed by atoms with Crippen molar-refractivity contribution in [1.82, 2.24) is 10.2 Å². The van der Waals surface area contributed by atoms with Crippen LogP contribution in [0.15, 0.2) is 106 Å². The highest BCUT2D eigenvalue weighted by molar-refractivity contribution is 9.10. The van der Waals surface area contributed by atoms with Crippen LogP contribution >= 0.6 is 15.9 Å². The van der Waals surface area contributed by atoms with Gasteiger partial charge in [0.15, 0.2) is 0 Å². The second-order valence-corrected chi connectivity index (χ2v) is 14.8. The van der Waals surface area contributed by atoms with E-state index in [1.54, 1.807) is 36.4 Å². The fraction of sp³-hybridized carbons (Fsp3) is 0.297. The summed E-state index contributed by atoms with van der Waals surface area (Å²) in [7, 11) is -4.17. The van der Waals surface area contributed by atoms with Crippen LogP contribution < -0.4 is 9.62 Å². The van der Waals surface area contributed by atoms with Crippen molar-refractivity contribution in [3.63, 3.8) is 0 Å². The van der Waals surface area contributed by atoms with Crippen molar-refractivity contribution in [2.75, 3.05) is 17.4 Å². The number of amides is 2. The summed E-state index contributed by atoms with van der Waals surface area (Å²) in [6.07, 6.45) is 0.263. The molecule has 242 valence electrons. The average Bonchev–Trinajstić information content (AvgIpc) is 3.02. The van der Waals surface area contributed by atoms with Crippen LogP contribution in [0.1, 0.15) is 41.7 Å². The number of carbonyl (C=O) groups excluding carboxylic acids is 2. The van der Waals surface area contributed by atoms with Crippen molar-refractivity contribution in [2.24, 2.45) is 5.92 Å². The standard InChI is InChI=1S/C37H42BrN3O4S/c1-26(2)23-39-37(43)35(22-30-12-7-6-8-13-30)40(24-31-14-10-15-32(38)21-31)36(42)25-41(34-16-9-11-28(4)29(34)5)46(44,45)33-19-17-27(3)18-20-33/h6-21,26,35H,22-25H2,1-5H3,(H,39,43)/t35-/m1/s1. The number of hydrogen-bond donors (Lipinski definition) is 1. The van der Waals surface area contributed by atoms with E-state index in [1.807, 2.05) is 95.3 Å². The molecule has 7 nitrogen and oxygen atoms in total. The van der Waals surface area contributed by atoms with Crippen molar-refractivity contribution >= 4 is 43.5 Å². The van der Waals surface area contributed by atoms with E-state index in [0.29, 0.717) is 12.2 Å².